The summed E-state index contributed by atoms with van der Waals surface area (Å²) >= 11 is 0. The number of nitrogens with one attached hydrogen (secondary N) is 1. The van der Waals surface area contributed by atoms with Gasteiger partial charge in [0.2, 0.25) is 0 Å². The average molecular weight is 573 g/mol. The van der Waals surface area contributed by atoms with Crippen molar-refractivity contribution >= 4 is 17.9 Å². The van der Waals surface area contributed by atoms with E-state index in [0.717, 1.165) is 16.8 Å². The van der Waals surface area contributed by atoms with Crippen molar-refractivity contribution in [1.29, 1.82) is 0 Å². The van der Waals surface area contributed by atoms with E-state index in [1.807, 2.05) is 0 Å². The number of aromatic nitrogens is 2. The molecule has 0 spiro atoms. The maximum absolute atomic E-state index is 14.8. The summed E-state index contributed by atoms with van der Waals surface area (Å²) in [5.74, 6) is -2.41. The van der Waals surface area contributed by atoms with Gasteiger partial charge >= 0.3 is 12.2 Å². The second-order valence-corrected chi connectivity index (χ2v) is 10.1. The van der Waals surface area contributed by atoms with Crippen LogP contribution in [0, 0.1) is 11.6 Å². The van der Waals surface area contributed by atoms with Crippen LogP contribution in [0.25, 0.3) is 11.3 Å². The molecule has 0 radical (unpaired) electrons. The molecule has 0 saturated carbocycles. The summed E-state index contributed by atoms with van der Waals surface area (Å²) in [4.78, 5) is 37.5. The van der Waals surface area contributed by atoms with Gasteiger partial charge in [0.15, 0.2) is 17.4 Å². The molecular weight excluding hydrogens is 538 g/mol. The molecule has 41 heavy (non-hydrogen) atoms. The molecule has 0 saturated heterocycles. The number of nitrogens with zero attached hydrogens (tertiary/aromatic N) is 3. The van der Waals surface area contributed by atoms with E-state index in [4.69, 9.17) is 14.2 Å². The van der Waals surface area contributed by atoms with E-state index in [1.165, 1.54) is 17.0 Å². The van der Waals surface area contributed by atoms with Crippen molar-refractivity contribution in [2.75, 3.05) is 32.1 Å². The van der Waals surface area contributed by atoms with Crippen molar-refractivity contribution in [2.24, 2.45) is 0 Å². The van der Waals surface area contributed by atoms with Crippen LogP contribution in [0.3, 0.4) is 0 Å². The molecule has 0 fully saturated rings. The van der Waals surface area contributed by atoms with Crippen LogP contribution in [0.4, 0.5) is 24.1 Å². The van der Waals surface area contributed by atoms with Gasteiger partial charge in [-0.25, -0.2) is 23.1 Å². The first kappa shape index (κ1) is 31.1. The summed E-state index contributed by atoms with van der Waals surface area (Å²) in [6, 6.07) is 11.6. The van der Waals surface area contributed by atoms with E-state index in [0.29, 0.717) is 17.7 Å². The van der Waals surface area contributed by atoms with Gasteiger partial charge in [-0.05, 0) is 70.0 Å². The van der Waals surface area contributed by atoms with E-state index in [9.17, 15) is 23.2 Å². The molecule has 0 unspecified atom stereocenters. The van der Waals surface area contributed by atoms with E-state index in [1.54, 1.807) is 59.0 Å². The molecule has 0 bridgehead atoms. The molecule has 0 aliphatic carbocycles. The first-order valence-electron chi connectivity index (χ1n) is 13.0. The highest BCUT2D eigenvalue weighted by molar-refractivity contribution is 5.84. The summed E-state index contributed by atoms with van der Waals surface area (Å²) in [6.07, 6.45) is -0.792. The van der Waals surface area contributed by atoms with E-state index >= 15 is 0 Å². The Morgan fingerprint density at radius 2 is 1.78 bits per heavy atom. The zero-order valence-electron chi connectivity index (χ0n) is 23.7. The molecule has 1 aromatic heterocycles. The monoisotopic (exact) mass is 572 g/mol. The summed E-state index contributed by atoms with van der Waals surface area (Å²) in [5, 5.41) is 6.86. The minimum atomic E-state index is -0.933. The topological polar surface area (TPSA) is 112 Å². The van der Waals surface area contributed by atoms with Gasteiger partial charge in [0.05, 0.1) is 25.5 Å². The van der Waals surface area contributed by atoms with Gasteiger partial charge in [-0.15, -0.1) is 0 Å². The van der Waals surface area contributed by atoms with Crippen LogP contribution in [-0.2, 0) is 16.0 Å². The number of benzene rings is 2. The maximum Gasteiger partial charge on any atom is 0.411 e. The largest absolute Gasteiger partial charge is 0.488 e. The van der Waals surface area contributed by atoms with Crippen molar-refractivity contribution < 1.29 is 32.6 Å². The lowest BCUT2D eigenvalue weighted by Crippen LogP contribution is -2.35. The van der Waals surface area contributed by atoms with Gasteiger partial charge in [-0.3, -0.25) is 10.1 Å². The molecule has 10 nitrogen and oxygen atoms in total. The van der Waals surface area contributed by atoms with Gasteiger partial charge in [0.1, 0.15) is 5.60 Å². The SMILES string of the molecule is CCOC(=O)Nc1cccc(Cn2nc(-c3cc(F)c(OCCCN(C)C(=O)OC(C)(C)C)c(F)c3)ccc2=O)c1. The van der Waals surface area contributed by atoms with E-state index in [2.05, 4.69) is 10.4 Å². The van der Waals surface area contributed by atoms with Crippen molar-refractivity contribution in [2.45, 2.75) is 46.3 Å². The third kappa shape index (κ3) is 9.30. The second-order valence-electron chi connectivity index (χ2n) is 10.1. The smallest absolute Gasteiger partial charge is 0.411 e. The Morgan fingerprint density at radius 3 is 2.44 bits per heavy atom. The highest BCUT2D eigenvalue weighted by atomic mass is 19.1. The molecular formula is C29H34F2N4O6. The zero-order valence-corrected chi connectivity index (χ0v) is 23.7. The maximum atomic E-state index is 14.8. The Bertz CT molecular complexity index is 1410. The number of carbonyl (C=O) groups excluding carboxylic acids is 2. The molecule has 3 aromatic rings. The highest BCUT2D eigenvalue weighted by Crippen LogP contribution is 2.28. The van der Waals surface area contributed by atoms with Crippen molar-refractivity contribution in [3.8, 4) is 17.0 Å². The summed E-state index contributed by atoms with van der Waals surface area (Å²) in [6.45, 7) is 7.47. The lowest BCUT2D eigenvalue weighted by Gasteiger charge is -2.24. The average Bonchev–Trinajstić information content (AvgIpc) is 2.88. The van der Waals surface area contributed by atoms with Crippen LogP contribution in [0.2, 0.25) is 0 Å². The minimum absolute atomic E-state index is 0.0342. The Labute approximate surface area is 236 Å². The highest BCUT2D eigenvalue weighted by Gasteiger charge is 2.20. The molecule has 0 atom stereocenters. The fourth-order valence-corrected chi connectivity index (χ4v) is 3.67. The zero-order chi connectivity index (χ0) is 30.2. The Balaban J connectivity index is 1.67. The number of amides is 2. The third-order valence-corrected chi connectivity index (χ3v) is 5.53. The number of anilines is 1. The summed E-state index contributed by atoms with van der Waals surface area (Å²) < 4.78 is 46.3. The van der Waals surface area contributed by atoms with Gasteiger partial charge in [-0.1, -0.05) is 12.1 Å². The van der Waals surface area contributed by atoms with Crippen molar-refractivity contribution in [3.63, 3.8) is 0 Å². The Hall–Kier alpha value is -4.48. The van der Waals surface area contributed by atoms with Gasteiger partial charge in [-0.2, -0.15) is 5.10 Å². The predicted octanol–water partition coefficient (Wildman–Crippen LogP) is 5.44. The lowest BCUT2D eigenvalue weighted by molar-refractivity contribution is 0.0291. The van der Waals surface area contributed by atoms with Crippen LogP contribution in [-0.4, -0.2) is 59.3 Å². The molecule has 2 aromatic carbocycles. The second kappa shape index (κ2) is 13.7. The minimum Gasteiger partial charge on any atom is -0.488 e. The Kier molecular flexibility index (Phi) is 10.4. The standard InChI is InChI=1S/C29H34F2N4O6/c1-6-39-27(37)32-21-10-7-9-19(15-21)18-35-25(36)12-11-24(33-35)20-16-22(30)26(23(31)17-20)40-14-8-13-34(5)28(38)41-29(2,3)4/h7,9-12,15-17H,6,8,13-14,18H2,1-5H3,(H,32,37). The quantitative estimate of drug-likeness (QED) is 0.322. The van der Waals surface area contributed by atoms with Crippen LogP contribution in [0.5, 0.6) is 5.75 Å². The third-order valence-electron chi connectivity index (χ3n) is 5.53. The molecule has 12 heteroatoms. The van der Waals surface area contributed by atoms with Gasteiger partial charge in [0.25, 0.3) is 5.56 Å². The number of hydrogen-bond acceptors (Lipinski definition) is 7. The summed E-state index contributed by atoms with van der Waals surface area (Å²) in [7, 11) is 1.56. The summed E-state index contributed by atoms with van der Waals surface area (Å²) in [5.41, 5.74) is 0.365. The lowest BCUT2D eigenvalue weighted by atomic mass is 10.1. The van der Waals surface area contributed by atoms with Crippen molar-refractivity contribution in [3.05, 3.63) is 76.1 Å². The van der Waals surface area contributed by atoms with E-state index in [-0.39, 0.29) is 37.6 Å². The molecule has 1 heterocycles. The fraction of sp³-hybridized carbons (Fsp3) is 0.379. The number of carbonyl (C=O) groups is 2. The molecule has 0 aliphatic rings. The van der Waals surface area contributed by atoms with Gasteiger partial charge in [0, 0.05) is 30.9 Å². The van der Waals surface area contributed by atoms with Crippen LogP contribution >= 0.6 is 0 Å². The Morgan fingerprint density at radius 1 is 1.07 bits per heavy atom. The molecule has 1 N–H and O–H groups in total. The molecule has 220 valence electrons. The number of ether oxygens (including phenoxy) is 3. The normalized spacial score (nSPS) is 11.1. The van der Waals surface area contributed by atoms with E-state index < -0.39 is 40.7 Å². The van der Waals surface area contributed by atoms with Gasteiger partial charge < -0.3 is 19.1 Å². The number of hydrogen-bond donors (Lipinski definition) is 1. The van der Waals surface area contributed by atoms with Crippen LogP contribution < -0.4 is 15.6 Å². The number of rotatable bonds is 10. The van der Waals surface area contributed by atoms with Crippen molar-refractivity contribution in [1.82, 2.24) is 14.7 Å². The molecule has 3 rings (SSSR count). The molecule has 0 aliphatic heterocycles. The molecule has 2 amide bonds. The van der Waals surface area contributed by atoms with Crippen LogP contribution in [0.15, 0.2) is 53.3 Å². The van der Waals surface area contributed by atoms with Crippen LogP contribution in [0.1, 0.15) is 39.7 Å². The first-order chi connectivity index (χ1) is 19.4. The fourth-order valence-electron chi connectivity index (χ4n) is 3.67. The first-order valence-corrected chi connectivity index (χ1v) is 13.0. The number of halogens is 2. The predicted molar refractivity (Wildman–Crippen MR) is 149 cm³/mol.